The largest absolute Gasteiger partial charge is 0.373 e. The topological polar surface area (TPSA) is 67.2 Å². The molecule has 0 radical (unpaired) electrons. The highest BCUT2D eigenvalue weighted by molar-refractivity contribution is 7.10. The summed E-state index contributed by atoms with van der Waals surface area (Å²) in [4.78, 5) is 28.3. The molecule has 0 saturated heterocycles. The highest BCUT2D eigenvalue weighted by atomic mass is 35.5. The lowest BCUT2D eigenvalue weighted by Gasteiger charge is -2.27. The maximum absolute atomic E-state index is 12.6. The number of hydrogen-bond acceptors (Lipinski definition) is 5. The number of anilines is 1. The van der Waals surface area contributed by atoms with Crippen molar-refractivity contribution in [2.45, 2.75) is 19.9 Å². The molecule has 0 fully saturated rings. The summed E-state index contributed by atoms with van der Waals surface area (Å²) in [5, 5.41) is 9.68. The molecule has 4 rings (SSSR count). The van der Waals surface area contributed by atoms with Gasteiger partial charge in [0.25, 0.3) is 5.56 Å². The fourth-order valence-electron chi connectivity index (χ4n) is 3.20. The monoisotopic (exact) mass is 448 g/mol. The zero-order chi connectivity index (χ0) is 20.5. The van der Waals surface area contributed by atoms with E-state index in [0.717, 1.165) is 12.0 Å². The molecule has 0 atom stereocenters. The van der Waals surface area contributed by atoms with E-state index < -0.39 is 5.56 Å². The van der Waals surface area contributed by atoms with Crippen molar-refractivity contribution in [3.63, 3.8) is 0 Å². The van der Waals surface area contributed by atoms with E-state index in [1.54, 1.807) is 28.4 Å². The molecular formula is C20H18Cl2N4O2S. The molecule has 29 heavy (non-hydrogen) atoms. The summed E-state index contributed by atoms with van der Waals surface area (Å²) < 4.78 is 1.18. The van der Waals surface area contributed by atoms with Crippen LogP contribution >= 0.6 is 34.5 Å². The van der Waals surface area contributed by atoms with Crippen LogP contribution in [-0.4, -0.2) is 33.7 Å². The van der Waals surface area contributed by atoms with Crippen molar-refractivity contribution in [2.24, 2.45) is 0 Å². The second-order valence-corrected chi connectivity index (χ2v) is 8.60. The van der Waals surface area contributed by atoms with Crippen molar-refractivity contribution in [1.29, 1.82) is 0 Å². The fourth-order valence-corrected chi connectivity index (χ4v) is 4.46. The molecule has 1 aromatic carbocycles. The van der Waals surface area contributed by atoms with Crippen molar-refractivity contribution < 1.29 is 4.79 Å². The molecule has 2 aromatic heterocycles. The van der Waals surface area contributed by atoms with Crippen LogP contribution in [-0.2, 0) is 17.8 Å². The number of benzene rings is 1. The molecule has 1 N–H and O–H groups in total. The van der Waals surface area contributed by atoms with Crippen molar-refractivity contribution in [3.8, 4) is 5.69 Å². The van der Waals surface area contributed by atoms with E-state index in [-0.39, 0.29) is 17.5 Å². The average Bonchev–Trinajstić information content (AvgIpc) is 3.19. The Morgan fingerprint density at radius 1 is 1.31 bits per heavy atom. The van der Waals surface area contributed by atoms with Crippen molar-refractivity contribution in [1.82, 2.24) is 14.7 Å². The third kappa shape index (κ3) is 4.03. The lowest BCUT2D eigenvalue weighted by Crippen LogP contribution is -2.39. The van der Waals surface area contributed by atoms with Crippen molar-refractivity contribution >= 4 is 46.1 Å². The van der Waals surface area contributed by atoms with Gasteiger partial charge < -0.3 is 10.2 Å². The Hall–Kier alpha value is -2.35. The Morgan fingerprint density at radius 3 is 2.93 bits per heavy atom. The predicted octanol–water partition coefficient (Wildman–Crippen LogP) is 3.91. The van der Waals surface area contributed by atoms with Crippen LogP contribution in [0.25, 0.3) is 5.69 Å². The number of halogens is 2. The molecule has 1 aliphatic rings. The molecule has 9 heteroatoms. The number of fused-ring (bicyclic) bond motifs is 1. The minimum absolute atomic E-state index is 0.0248. The van der Waals surface area contributed by atoms with Gasteiger partial charge >= 0.3 is 0 Å². The number of hydrogen-bond donors (Lipinski definition) is 1. The van der Waals surface area contributed by atoms with E-state index in [2.05, 4.69) is 21.9 Å². The number of aryl methyl sites for hydroxylation is 1. The number of carbonyl (C=O) groups is 1. The number of thiophene rings is 1. The standard InChI is InChI=1S/C20H18Cl2N4O2S/c1-12-2-3-14(8-15(12)21)26-20(28)19(22)16(9-24-26)23-10-18(27)25-6-4-17-13(11-25)5-7-29-17/h2-3,5,7-9,23H,4,6,10-11H2,1H3. The molecule has 0 spiro atoms. The van der Waals surface area contributed by atoms with Gasteiger partial charge in [-0.05, 0) is 48.1 Å². The van der Waals surface area contributed by atoms with Gasteiger partial charge in [0.05, 0.1) is 24.1 Å². The molecule has 0 unspecified atom stereocenters. The summed E-state index contributed by atoms with van der Waals surface area (Å²) >= 11 is 14.1. The zero-order valence-corrected chi connectivity index (χ0v) is 17.9. The molecule has 0 saturated carbocycles. The summed E-state index contributed by atoms with van der Waals surface area (Å²) in [6.45, 7) is 3.22. The summed E-state index contributed by atoms with van der Waals surface area (Å²) in [6, 6.07) is 7.28. The Bertz CT molecular complexity index is 1140. The fraction of sp³-hybridized carbons (Fsp3) is 0.250. The van der Waals surface area contributed by atoms with Crippen LogP contribution in [0.4, 0.5) is 5.69 Å². The lowest BCUT2D eigenvalue weighted by molar-refractivity contribution is -0.130. The predicted molar refractivity (Wildman–Crippen MR) is 117 cm³/mol. The van der Waals surface area contributed by atoms with Gasteiger partial charge in [-0.25, -0.2) is 0 Å². The van der Waals surface area contributed by atoms with Crippen molar-refractivity contribution in [3.05, 3.63) is 72.2 Å². The van der Waals surface area contributed by atoms with Crippen LogP contribution in [0.15, 0.2) is 40.6 Å². The third-order valence-electron chi connectivity index (χ3n) is 4.91. The first-order valence-corrected chi connectivity index (χ1v) is 10.7. The Balaban J connectivity index is 1.47. The maximum atomic E-state index is 12.6. The minimum Gasteiger partial charge on any atom is -0.373 e. The highest BCUT2D eigenvalue weighted by Crippen LogP contribution is 2.24. The van der Waals surface area contributed by atoms with Crippen LogP contribution in [0.3, 0.4) is 0 Å². The SMILES string of the molecule is Cc1ccc(-n2ncc(NCC(=O)N3CCc4sccc4C3)c(Cl)c2=O)cc1Cl. The number of nitrogens with one attached hydrogen (secondary N) is 1. The third-order valence-corrected chi connectivity index (χ3v) is 6.70. The molecule has 0 aliphatic carbocycles. The normalized spacial score (nSPS) is 13.3. The Morgan fingerprint density at radius 2 is 2.14 bits per heavy atom. The summed E-state index contributed by atoms with van der Waals surface area (Å²) in [5.74, 6) is -0.0487. The van der Waals surface area contributed by atoms with Gasteiger partial charge in [0, 0.05) is 23.0 Å². The van der Waals surface area contributed by atoms with Crippen LogP contribution in [0.2, 0.25) is 10.0 Å². The zero-order valence-electron chi connectivity index (χ0n) is 15.6. The summed E-state index contributed by atoms with van der Waals surface area (Å²) in [7, 11) is 0. The highest BCUT2D eigenvalue weighted by Gasteiger charge is 2.21. The Kier molecular flexibility index (Phi) is 5.63. The Labute approximate surface area is 181 Å². The first-order chi connectivity index (χ1) is 13.9. The second kappa shape index (κ2) is 8.18. The summed E-state index contributed by atoms with van der Waals surface area (Å²) in [6.07, 6.45) is 2.31. The number of carbonyl (C=O) groups excluding carboxylic acids is 1. The van der Waals surface area contributed by atoms with E-state index in [4.69, 9.17) is 23.2 Å². The molecule has 3 aromatic rings. The second-order valence-electron chi connectivity index (χ2n) is 6.81. The molecule has 1 aliphatic heterocycles. The molecular weight excluding hydrogens is 431 g/mol. The number of rotatable bonds is 4. The first-order valence-electron chi connectivity index (χ1n) is 9.05. The van der Waals surface area contributed by atoms with Gasteiger partial charge in [0.2, 0.25) is 5.91 Å². The van der Waals surface area contributed by atoms with E-state index in [0.29, 0.717) is 29.5 Å². The van der Waals surface area contributed by atoms with E-state index in [9.17, 15) is 9.59 Å². The van der Waals surface area contributed by atoms with E-state index in [1.807, 2.05) is 13.0 Å². The maximum Gasteiger partial charge on any atom is 0.292 e. The molecule has 1 amide bonds. The molecule has 0 bridgehead atoms. The van der Waals surface area contributed by atoms with Crippen LogP contribution in [0, 0.1) is 6.92 Å². The van der Waals surface area contributed by atoms with Gasteiger partial charge in [0.15, 0.2) is 0 Å². The van der Waals surface area contributed by atoms with Gasteiger partial charge in [-0.15, -0.1) is 11.3 Å². The number of amides is 1. The van der Waals surface area contributed by atoms with Gasteiger partial charge in [-0.3, -0.25) is 9.59 Å². The molecule has 6 nitrogen and oxygen atoms in total. The number of aromatic nitrogens is 2. The smallest absolute Gasteiger partial charge is 0.292 e. The van der Waals surface area contributed by atoms with Crippen LogP contribution in [0.1, 0.15) is 16.0 Å². The van der Waals surface area contributed by atoms with E-state index >= 15 is 0 Å². The molecule has 150 valence electrons. The van der Waals surface area contributed by atoms with E-state index in [1.165, 1.54) is 21.3 Å². The average molecular weight is 449 g/mol. The number of nitrogens with zero attached hydrogens (tertiary/aromatic N) is 3. The van der Waals surface area contributed by atoms with Gasteiger partial charge in [-0.1, -0.05) is 29.3 Å². The van der Waals surface area contributed by atoms with Crippen molar-refractivity contribution in [2.75, 3.05) is 18.4 Å². The summed E-state index contributed by atoms with van der Waals surface area (Å²) in [5.41, 5.74) is 2.47. The van der Waals surface area contributed by atoms with Crippen LogP contribution < -0.4 is 10.9 Å². The van der Waals surface area contributed by atoms with Crippen LogP contribution in [0.5, 0.6) is 0 Å². The first kappa shape index (κ1) is 19.9. The minimum atomic E-state index is -0.482. The molecule has 3 heterocycles. The quantitative estimate of drug-likeness (QED) is 0.656. The van der Waals surface area contributed by atoms with Gasteiger partial charge in [-0.2, -0.15) is 9.78 Å². The van der Waals surface area contributed by atoms with Gasteiger partial charge in [0.1, 0.15) is 5.02 Å². The lowest BCUT2D eigenvalue weighted by atomic mass is 10.1.